The van der Waals surface area contributed by atoms with Crippen LogP contribution < -0.4 is 4.74 Å². The first kappa shape index (κ1) is 18.0. The molecule has 2 heterocycles. The molecular formula is C20H26N2O2S. The fraction of sp³-hybridized carbons (Fsp3) is 0.450. The SMILES string of the molecule is COc1cccc(CCN2CCN(C(=O)CCc3cccs3)CC2)c1. The van der Waals surface area contributed by atoms with Crippen LogP contribution >= 0.6 is 11.3 Å². The van der Waals surface area contributed by atoms with E-state index >= 15 is 0 Å². The Morgan fingerprint density at radius 3 is 2.68 bits per heavy atom. The van der Waals surface area contributed by atoms with E-state index < -0.39 is 0 Å². The Balaban J connectivity index is 1.38. The molecule has 1 aromatic heterocycles. The van der Waals surface area contributed by atoms with Crippen molar-refractivity contribution in [1.82, 2.24) is 9.80 Å². The Bertz CT molecular complexity index is 664. The summed E-state index contributed by atoms with van der Waals surface area (Å²) in [4.78, 5) is 18.1. The fourth-order valence-electron chi connectivity index (χ4n) is 3.18. The van der Waals surface area contributed by atoms with Crippen LogP contribution in [0.4, 0.5) is 0 Å². The summed E-state index contributed by atoms with van der Waals surface area (Å²) < 4.78 is 5.28. The van der Waals surface area contributed by atoms with Gasteiger partial charge in [-0.1, -0.05) is 18.2 Å². The number of ether oxygens (including phenoxy) is 1. The number of rotatable bonds is 7. The Morgan fingerprint density at radius 2 is 1.96 bits per heavy atom. The smallest absolute Gasteiger partial charge is 0.223 e. The van der Waals surface area contributed by atoms with Gasteiger partial charge in [-0.25, -0.2) is 0 Å². The number of nitrogens with zero attached hydrogens (tertiary/aromatic N) is 2. The Morgan fingerprint density at radius 1 is 1.12 bits per heavy atom. The number of piperazine rings is 1. The Kier molecular flexibility index (Phi) is 6.48. The topological polar surface area (TPSA) is 32.8 Å². The maximum absolute atomic E-state index is 12.3. The van der Waals surface area contributed by atoms with E-state index in [0.717, 1.165) is 51.3 Å². The minimum absolute atomic E-state index is 0.292. The van der Waals surface area contributed by atoms with Gasteiger partial charge in [0.2, 0.25) is 5.91 Å². The van der Waals surface area contributed by atoms with Gasteiger partial charge in [0.05, 0.1) is 7.11 Å². The average molecular weight is 359 g/mol. The van der Waals surface area contributed by atoms with Crippen LogP contribution in [0.25, 0.3) is 0 Å². The van der Waals surface area contributed by atoms with E-state index in [-0.39, 0.29) is 0 Å². The molecule has 0 unspecified atom stereocenters. The molecular weight excluding hydrogens is 332 g/mol. The van der Waals surface area contributed by atoms with Gasteiger partial charge in [0, 0.05) is 44.0 Å². The van der Waals surface area contributed by atoms with Crippen molar-refractivity contribution < 1.29 is 9.53 Å². The molecule has 5 heteroatoms. The molecule has 134 valence electrons. The van der Waals surface area contributed by atoms with Gasteiger partial charge in [-0.3, -0.25) is 9.69 Å². The molecule has 3 rings (SSSR count). The number of amides is 1. The van der Waals surface area contributed by atoms with Gasteiger partial charge < -0.3 is 9.64 Å². The lowest BCUT2D eigenvalue weighted by Crippen LogP contribution is -2.49. The van der Waals surface area contributed by atoms with E-state index in [1.807, 2.05) is 23.1 Å². The fourth-order valence-corrected chi connectivity index (χ4v) is 3.89. The van der Waals surface area contributed by atoms with Crippen LogP contribution in [0.2, 0.25) is 0 Å². The molecule has 0 aliphatic carbocycles. The summed E-state index contributed by atoms with van der Waals surface area (Å²) in [5.41, 5.74) is 1.30. The number of aryl methyl sites for hydroxylation is 1. The number of thiophene rings is 1. The molecule has 0 saturated carbocycles. The van der Waals surface area contributed by atoms with Crippen molar-refractivity contribution in [2.24, 2.45) is 0 Å². The molecule has 1 amide bonds. The number of hydrogen-bond donors (Lipinski definition) is 0. The summed E-state index contributed by atoms with van der Waals surface area (Å²) in [5.74, 6) is 1.21. The van der Waals surface area contributed by atoms with Crippen LogP contribution in [-0.4, -0.2) is 55.5 Å². The lowest BCUT2D eigenvalue weighted by molar-refractivity contribution is -0.132. The zero-order chi connectivity index (χ0) is 17.5. The molecule has 0 N–H and O–H groups in total. The third-order valence-corrected chi connectivity index (χ3v) is 5.68. The summed E-state index contributed by atoms with van der Waals surface area (Å²) in [5, 5.41) is 2.07. The maximum atomic E-state index is 12.3. The highest BCUT2D eigenvalue weighted by Gasteiger charge is 2.20. The molecule has 1 aliphatic rings. The molecule has 0 bridgehead atoms. The first-order valence-corrected chi connectivity index (χ1v) is 9.78. The van der Waals surface area contributed by atoms with E-state index in [2.05, 4.69) is 28.5 Å². The van der Waals surface area contributed by atoms with Crippen LogP contribution in [0, 0.1) is 0 Å². The molecule has 25 heavy (non-hydrogen) atoms. The zero-order valence-corrected chi connectivity index (χ0v) is 15.6. The molecule has 1 saturated heterocycles. The quantitative estimate of drug-likeness (QED) is 0.763. The van der Waals surface area contributed by atoms with Crippen molar-refractivity contribution in [3.63, 3.8) is 0 Å². The van der Waals surface area contributed by atoms with Crippen LogP contribution in [0.15, 0.2) is 41.8 Å². The van der Waals surface area contributed by atoms with Gasteiger partial charge in [0.25, 0.3) is 0 Å². The summed E-state index contributed by atoms with van der Waals surface area (Å²) in [6, 6.07) is 12.4. The van der Waals surface area contributed by atoms with Crippen LogP contribution in [0.5, 0.6) is 5.75 Å². The third-order valence-electron chi connectivity index (χ3n) is 4.74. The van der Waals surface area contributed by atoms with E-state index in [1.165, 1.54) is 10.4 Å². The summed E-state index contributed by atoms with van der Waals surface area (Å²) in [6.45, 7) is 4.66. The van der Waals surface area contributed by atoms with Gasteiger partial charge in [0.15, 0.2) is 0 Å². The minimum Gasteiger partial charge on any atom is -0.497 e. The number of carbonyl (C=O) groups excluding carboxylic acids is 1. The van der Waals surface area contributed by atoms with Gasteiger partial charge in [-0.05, 0) is 42.0 Å². The largest absolute Gasteiger partial charge is 0.497 e. The molecule has 1 aromatic carbocycles. The number of hydrogen-bond acceptors (Lipinski definition) is 4. The van der Waals surface area contributed by atoms with Gasteiger partial charge >= 0.3 is 0 Å². The van der Waals surface area contributed by atoms with E-state index in [1.54, 1.807) is 18.4 Å². The normalized spacial score (nSPS) is 15.3. The second-order valence-corrected chi connectivity index (χ2v) is 7.44. The maximum Gasteiger partial charge on any atom is 0.223 e. The summed E-state index contributed by atoms with van der Waals surface area (Å²) in [7, 11) is 1.70. The second-order valence-electron chi connectivity index (χ2n) is 6.40. The Hall–Kier alpha value is -1.85. The highest BCUT2D eigenvalue weighted by molar-refractivity contribution is 7.09. The predicted molar refractivity (Wildman–Crippen MR) is 102 cm³/mol. The number of methoxy groups -OCH3 is 1. The Labute approximate surface area is 154 Å². The molecule has 1 fully saturated rings. The zero-order valence-electron chi connectivity index (χ0n) is 14.8. The second kappa shape index (κ2) is 9.02. The molecule has 1 aliphatic heterocycles. The van der Waals surface area contributed by atoms with Gasteiger partial charge in [0.1, 0.15) is 5.75 Å². The molecule has 2 aromatic rings. The lowest BCUT2D eigenvalue weighted by Gasteiger charge is -2.34. The van der Waals surface area contributed by atoms with Crippen molar-refractivity contribution in [2.45, 2.75) is 19.3 Å². The third kappa shape index (κ3) is 5.31. The van der Waals surface area contributed by atoms with Gasteiger partial charge in [-0.2, -0.15) is 0 Å². The summed E-state index contributed by atoms with van der Waals surface area (Å²) in [6.07, 6.45) is 2.51. The standard InChI is InChI=1S/C20H26N2O2S/c1-24-18-5-2-4-17(16-18)9-10-21-11-13-22(14-12-21)20(23)8-7-19-6-3-15-25-19/h2-6,15-16H,7-14H2,1H3. The van der Waals surface area contributed by atoms with Crippen molar-refractivity contribution in [3.8, 4) is 5.75 Å². The number of benzene rings is 1. The van der Waals surface area contributed by atoms with Crippen molar-refractivity contribution >= 4 is 17.2 Å². The first-order valence-electron chi connectivity index (χ1n) is 8.90. The van der Waals surface area contributed by atoms with Crippen LogP contribution in [-0.2, 0) is 17.6 Å². The van der Waals surface area contributed by atoms with Crippen molar-refractivity contribution in [2.75, 3.05) is 39.8 Å². The predicted octanol–water partition coefficient (Wildman–Crippen LogP) is 3.08. The molecule has 0 radical (unpaired) electrons. The molecule has 0 spiro atoms. The van der Waals surface area contributed by atoms with E-state index in [9.17, 15) is 4.79 Å². The van der Waals surface area contributed by atoms with Crippen molar-refractivity contribution in [3.05, 3.63) is 52.2 Å². The average Bonchev–Trinajstić information content (AvgIpc) is 3.18. The molecule has 4 nitrogen and oxygen atoms in total. The van der Waals surface area contributed by atoms with E-state index in [4.69, 9.17) is 4.74 Å². The van der Waals surface area contributed by atoms with Gasteiger partial charge in [-0.15, -0.1) is 11.3 Å². The van der Waals surface area contributed by atoms with Crippen LogP contribution in [0.3, 0.4) is 0 Å². The first-order chi connectivity index (χ1) is 12.2. The molecule has 0 atom stereocenters. The highest BCUT2D eigenvalue weighted by Crippen LogP contribution is 2.15. The lowest BCUT2D eigenvalue weighted by atomic mass is 10.1. The number of carbonyl (C=O) groups is 1. The van der Waals surface area contributed by atoms with Crippen molar-refractivity contribution in [1.29, 1.82) is 0 Å². The monoisotopic (exact) mass is 358 g/mol. The van der Waals surface area contributed by atoms with E-state index in [0.29, 0.717) is 12.3 Å². The summed E-state index contributed by atoms with van der Waals surface area (Å²) >= 11 is 1.73. The van der Waals surface area contributed by atoms with Crippen LogP contribution in [0.1, 0.15) is 16.9 Å². The highest BCUT2D eigenvalue weighted by atomic mass is 32.1. The minimum atomic E-state index is 0.292.